The van der Waals surface area contributed by atoms with E-state index < -0.39 is 17.5 Å². The highest BCUT2D eigenvalue weighted by molar-refractivity contribution is 5.90. The summed E-state index contributed by atoms with van der Waals surface area (Å²) in [6, 6.07) is 0. The van der Waals surface area contributed by atoms with E-state index in [1.165, 1.54) is 0 Å². The van der Waals surface area contributed by atoms with Crippen molar-refractivity contribution in [2.75, 3.05) is 0 Å². The summed E-state index contributed by atoms with van der Waals surface area (Å²) in [4.78, 5) is 21.3. The largest absolute Gasteiger partial charge is 0.478 e. The summed E-state index contributed by atoms with van der Waals surface area (Å²) in [6.45, 7) is 7.67. The molecule has 0 aliphatic carbocycles. The van der Waals surface area contributed by atoms with Gasteiger partial charge < -0.3 is 9.84 Å². The summed E-state index contributed by atoms with van der Waals surface area (Å²) in [5.41, 5.74) is -0.561. The smallest absolute Gasteiger partial charge is 0.331 e. The fourth-order valence-electron chi connectivity index (χ4n) is 1.47. The van der Waals surface area contributed by atoms with Crippen molar-refractivity contribution in [3.8, 4) is 0 Å². The fraction of sp³-hybridized carbons (Fsp3) is 0.636. The average Bonchev–Trinajstić information content (AvgIpc) is 1.96. The zero-order valence-electron chi connectivity index (χ0n) is 9.61. The van der Waals surface area contributed by atoms with Gasteiger partial charge in [0.1, 0.15) is 5.60 Å². The third kappa shape index (κ3) is 7.73. The Balaban J connectivity index is 4.21. The van der Waals surface area contributed by atoms with Gasteiger partial charge in [0.15, 0.2) is 0 Å². The van der Waals surface area contributed by atoms with Gasteiger partial charge in [0.2, 0.25) is 0 Å². The van der Waals surface area contributed by atoms with Gasteiger partial charge in [-0.25, -0.2) is 9.59 Å². The molecule has 0 rings (SSSR count). The zero-order valence-corrected chi connectivity index (χ0v) is 9.61. The lowest BCUT2D eigenvalue weighted by atomic mass is 9.96. The van der Waals surface area contributed by atoms with E-state index in [0.717, 1.165) is 18.6 Å². The van der Waals surface area contributed by atoms with Crippen molar-refractivity contribution in [1.29, 1.82) is 0 Å². The SMILES string of the molecule is CC(C)CC(C)(C)OC(=O)C=CC(=O)O. The van der Waals surface area contributed by atoms with Crippen LogP contribution in [0.4, 0.5) is 0 Å². The number of hydrogen-bond donors (Lipinski definition) is 1. The second-order valence-electron chi connectivity index (χ2n) is 4.45. The van der Waals surface area contributed by atoms with Crippen molar-refractivity contribution >= 4 is 11.9 Å². The van der Waals surface area contributed by atoms with Gasteiger partial charge in [-0.3, -0.25) is 0 Å². The highest BCUT2D eigenvalue weighted by atomic mass is 16.6. The molecule has 0 radical (unpaired) electrons. The maximum absolute atomic E-state index is 11.2. The molecule has 0 amide bonds. The van der Waals surface area contributed by atoms with Crippen LogP contribution in [-0.2, 0) is 14.3 Å². The quantitative estimate of drug-likeness (QED) is 0.561. The summed E-state index contributed by atoms with van der Waals surface area (Å²) in [7, 11) is 0. The second-order valence-corrected chi connectivity index (χ2v) is 4.45. The molecule has 0 fully saturated rings. The van der Waals surface area contributed by atoms with Crippen molar-refractivity contribution in [3.05, 3.63) is 12.2 Å². The molecule has 0 aromatic heterocycles. The lowest BCUT2D eigenvalue weighted by molar-refractivity contribution is -0.151. The highest BCUT2D eigenvalue weighted by Crippen LogP contribution is 2.20. The summed E-state index contributed by atoms with van der Waals surface area (Å²) in [5, 5.41) is 8.31. The molecule has 0 saturated heterocycles. The first-order valence-electron chi connectivity index (χ1n) is 4.87. The van der Waals surface area contributed by atoms with E-state index >= 15 is 0 Å². The standard InChI is InChI=1S/C11H18O4/c1-8(2)7-11(3,4)15-10(14)6-5-9(12)13/h5-6,8H,7H2,1-4H3,(H,12,13). The molecule has 0 atom stereocenters. The minimum absolute atomic E-state index is 0.413. The van der Waals surface area contributed by atoms with E-state index in [9.17, 15) is 9.59 Å². The first kappa shape index (κ1) is 13.7. The molecule has 0 heterocycles. The van der Waals surface area contributed by atoms with E-state index in [0.29, 0.717) is 5.92 Å². The molecule has 0 saturated carbocycles. The number of carbonyl (C=O) groups excluding carboxylic acids is 1. The van der Waals surface area contributed by atoms with Gasteiger partial charge in [-0.15, -0.1) is 0 Å². The first-order chi connectivity index (χ1) is 6.73. The molecule has 0 aliphatic heterocycles. The molecule has 86 valence electrons. The van der Waals surface area contributed by atoms with Crippen LogP contribution < -0.4 is 0 Å². The number of carbonyl (C=O) groups is 2. The lowest BCUT2D eigenvalue weighted by Gasteiger charge is -2.26. The normalized spacial score (nSPS) is 12.1. The van der Waals surface area contributed by atoms with Crippen LogP contribution in [0, 0.1) is 5.92 Å². The number of carboxylic acid groups (broad SMARTS) is 1. The van der Waals surface area contributed by atoms with Crippen LogP contribution in [0.2, 0.25) is 0 Å². The molecule has 0 aliphatic rings. The Morgan fingerprint density at radius 3 is 2.27 bits per heavy atom. The van der Waals surface area contributed by atoms with E-state index in [1.54, 1.807) is 13.8 Å². The Hall–Kier alpha value is -1.32. The van der Waals surface area contributed by atoms with Gasteiger partial charge in [-0.1, -0.05) is 13.8 Å². The number of carboxylic acids is 1. The molecule has 0 bridgehead atoms. The molecular weight excluding hydrogens is 196 g/mol. The molecule has 4 heteroatoms. The average molecular weight is 214 g/mol. The van der Waals surface area contributed by atoms with Crippen molar-refractivity contribution in [2.24, 2.45) is 5.92 Å². The Morgan fingerprint density at radius 1 is 1.33 bits per heavy atom. The van der Waals surface area contributed by atoms with Crippen molar-refractivity contribution in [1.82, 2.24) is 0 Å². The van der Waals surface area contributed by atoms with Crippen LogP contribution >= 0.6 is 0 Å². The maximum atomic E-state index is 11.2. The van der Waals surface area contributed by atoms with E-state index in [1.807, 2.05) is 13.8 Å². The third-order valence-electron chi connectivity index (χ3n) is 1.64. The van der Waals surface area contributed by atoms with E-state index in [2.05, 4.69) is 0 Å². The van der Waals surface area contributed by atoms with Crippen molar-refractivity contribution < 1.29 is 19.4 Å². The molecule has 4 nitrogen and oxygen atoms in total. The van der Waals surface area contributed by atoms with E-state index in [-0.39, 0.29) is 0 Å². The molecule has 0 spiro atoms. The van der Waals surface area contributed by atoms with Crippen LogP contribution in [-0.4, -0.2) is 22.6 Å². The molecule has 15 heavy (non-hydrogen) atoms. The van der Waals surface area contributed by atoms with Gasteiger partial charge in [0, 0.05) is 12.2 Å². The van der Waals surface area contributed by atoms with Crippen LogP contribution in [0.3, 0.4) is 0 Å². The van der Waals surface area contributed by atoms with Crippen LogP contribution in [0.25, 0.3) is 0 Å². The molecule has 0 aromatic rings. The van der Waals surface area contributed by atoms with E-state index in [4.69, 9.17) is 9.84 Å². The molecule has 1 N–H and O–H groups in total. The van der Waals surface area contributed by atoms with Gasteiger partial charge in [-0.05, 0) is 26.2 Å². The number of rotatable bonds is 5. The predicted molar refractivity (Wildman–Crippen MR) is 56.4 cm³/mol. The third-order valence-corrected chi connectivity index (χ3v) is 1.64. The topological polar surface area (TPSA) is 63.6 Å². The van der Waals surface area contributed by atoms with Gasteiger partial charge in [0.05, 0.1) is 0 Å². The van der Waals surface area contributed by atoms with Crippen LogP contribution in [0.5, 0.6) is 0 Å². The highest BCUT2D eigenvalue weighted by Gasteiger charge is 2.22. The zero-order chi connectivity index (χ0) is 12.1. The number of ether oxygens (including phenoxy) is 1. The Bertz CT molecular complexity index is 264. The van der Waals surface area contributed by atoms with Crippen molar-refractivity contribution in [3.63, 3.8) is 0 Å². The number of aliphatic carboxylic acids is 1. The Kier molecular flexibility index (Phi) is 5.05. The summed E-state index contributed by atoms with van der Waals surface area (Å²) in [5.74, 6) is -1.37. The van der Waals surface area contributed by atoms with Gasteiger partial charge >= 0.3 is 11.9 Å². The Morgan fingerprint density at radius 2 is 1.87 bits per heavy atom. The molecule has 0 unspecified atom stereocenters. The fourth-order valence-corrected chi connectivity index (χ4v) is 1.47. The minimum Gasteiger partial charge on any atom is -0.478 e. The second kappa shape index (κ2) is 5.53. The Labute approximate surface area is 89.9 Å². The van der Waals surface area contributed by atoms with Gasteiger partial charge in [0.25, 0.3) is 0 Å². The summed E-state index contributed by atoms with van der Waals surface area (Å²) < 4.78 is 5.11. The molecular formula is C11H18O4. The van der Waals surface area contributed by atoms with Crippen molar-refractivity contribution in [2.45, 2.75) is 39.7 Å². The lowest BCUT2D eigenvalue weighted by Crippen LogP contribution is -2.29. The molecule has 0 aromatic carbocycles. The first-order valence-corrected chi connectivity index (χ1v) is 4.87. The van der Waals surface area contributed by atoms with Crippen LogP contribution in [0.15, 0.2) is 12.2 Å². The summed E-state index contributed by atoms with van der Waals surface area (Å²) in [6.07, 6.45) is 2.43. The maximum Gasteiger partial charge on any atom is 0.331 e. The van der Waals surface area contributed by atoms with Gasteiger partial charge in [-0.2, -0.15) is 0 Å². The van der Waals surface area contributed by atoms with Crippen LogP contribution in [0.1, 0.15) is 34.1 Å². The minimum atomic E-state index is -1.16. The number of esters is 1. The predicted octanol–water partition coefficient (Wildman–Crippen LogP) is 2.00. The number of hydrogen-bond acceptors (Lipinski definition) is 3. The monoisotopic (exact) mass is 214 g/mol. The summed E-state index contributed by atoms with van der Waals surface area (Å²) >= 11 is 0.